The van der Waals surface area contributed by atoms with Gasteiger partial charge in [-0.1, -0.05) is 13.8 Å². The first-order valence-electron chi connectivity index (χ1n) is 8.79. The number of rotatable bonds is 7. The summed E-state index contributed by atoms with van der Waals surface area (Å²) in [7, 11) is 0. The summed E-state index contributed by atoms with van der Waals surface area (Å²) in [5.74, 6) is -2.00. The molecular formula is C19H27N3O5. The molecule has 8 nitrogen and oxygen atoms in total. The highest BCUT2D eigenvalue weighted by atomic mass is 16.5. The standard InChI is InChI=1S/C19H27N3O5/c1-8-26-17(24)14-11(4)15(21-12(14)5)18(25)27-13(6)16(23)22-19(7,9-20)10(2)3/h10,13,21H,8H2,1-7H3,(H,22,23)/t13-,19+/m1/s1. The normalized spacial score (nSPS) is 14.0. The van der Waals surface area contributed by atoms with Crippen LogP contribution in [0.1, 0.15) is 66.7 Å². The molecule has 1 amide bonds. The predicted octanol–water partition coefficient (Wildman–Crippen LogP) is 2.41. The average molecular weight is 377 g/mol. The number of hydrogen-bond acceptors (Lipinski definition) is 6. The Balaban J connectivity index is 2.94. The minimum Gasteiger partial charge on any atom is -0.462 e. The van der Waals surface area contributed by atoms with Crippen molar-refractivity contribution in [2.75, 3.05) is 6.61 Å². The third kappa shape index (κ3) is 4.88. The van der Waals surface area contributed by atoms with Gasteiger partial charge in [-0.15, -0.1) is 0 Å². The average Bonchev–Trinajstić information content (AvgIpc) is 2.89. The molecule has 0 radical (unpaired) electrons. The van der Waals surface area contributed by atoms with Crippen LogP contribution in [0.25, 0.3) is 0 Å². The number of hydrogen-bond donors (Lipinski definition) is 2. The lowest BCUT2D eigenvalue weighted by atomic mass is 9.90. The van der Waals surface area contributed by atoms with Crippen molar-refractivity contribution in [2.45, 2.75) is 60.1 Å². The van der Waals surface area contributed by atoms with Crippen LogP contribution in [0.5, 0.6) is 0 Å². The SMILES string of the molecule is CCOC(=O)c1c(C)[nH]c(C(=O)O[C@H](C)C(=O)N[C@@](C)(C#N)C(C)C)c1C. The highest BCUT2D eigenvalue weighted by Crippen LogP contribution is 2.21. The fourth-order valence-corrected chi connectivity index (χ4v) is 2.40. The van der Waals surface area contributed by atoms with E-state index in [1.54, 1.807) is 27.7 Å². The number of carbonyl (C=O) groups is 3. The highest BCUT2D eigenvalue weighted by Gasteiger charge is 2.33. The minimum absolute atomic E-state index is 0.0853. The number of aryl methyl sites for hydroxylation is 1. The smallest absolute Gasteiger partial charge is 0.355 e. The molecule has 0 aliphatic rings. The molecule has 0 spiro atoms. The molecule has 1 aromatic heterocycles. The first-order chi connectivity index (χ1) is 12.5. The van der Waals surface area contributed by atoms with E-state index in [0.29, 0.717) is 11.3 Å². The Labute approximate surface area is 159 Å². The second-order valence-corrected chi connectivity index (χ2v) is 6.85. The Morgan fingerprint density at radius 3 is 2.30 bits per heavy atom. The minimum atomic E-state index is -1.11. The number of esters is 2. The van der Waals surface area contributed by atoms with Gasteiger partial charge in [-0.05, 0) is 46.1 Å². The molecule has 1 heterocycles. The number of H-pyrrole nitrogens is 1. The first-order valence-corrected chi connectivity index (χ1v) is 8.79. The Morgan fingerprint density at radius 1 is 1.22 bits per heavy atom. The van der Waals surface area contributed by atoms with Crippen LogP contribution >= 0.6 is 0 Å². The van der Waals surface area contributed by atoms with Crippen molar-refractivity contribution in [2.24, 2.45) is 5.92 Å². The molecule has 1 rings (SSSR count). The van der Waals surface area contributed by atoms with Gasteiger partial charge in [0.15, 0.2) is 6.10 Å². The zero-order chi connectivity index (χ0) is 20.9. The fourth-order valence-electron chi connectivity index (χ4n) is 2.40. The molecule has 0 aliphatic heterocycles. The van der Waals surface area contributed by atoms with E-state index in [1.807, 2.05) is 13.8 Å². The predicted molar refractivity (Wildman–Crippen MR) is 98.1 cm³/mol. The van der Waals surface area contributed by atoms with Gasteiger partial charge in [-0.2, -0.15) is 5.26 Å². The molecule has 0 saturated carbocycles. The molecule has 1 aromatic rings. The van der Waals surface area contributed by atoms with E-state index in [0.717, 1.165) is 0 Å². The number of aromatic nitrogens is 1. The van der Waals surface area contributed by atoms with E-state index in [9.17, 15) is 19.6 Å². The van der Waals surface area contributed by atoms with Crippen molar-refractivity contribution in [3.05, 3.63) is 22.5 Å². The maximum absolute atomic E-state index is 12.4. The van der Waals surface area contributed by atoms with Gasteiger partial charge in [0, 0.05) is 5.69 Å². The van der Waals surface area contributed by atoms with Gasteiger partial charge in [0.25, 0.3) is 5.91 Å². The lowest BCUT2D eigenvalue weighted by Crippen LogP contribution is -2.52. The zero-order valence-corrected chi connectivity index (χ0v) is 16.9. The molecule has 0 unspecified atom stereocenters. The second-order valence-electron chi connectivity index (χ2n) is 6.85. The van der Waals surface area contributed by atoms with Crippen LogP contribution in [0.3, 0.4) is 0 Å². The van der Waals surface area contributed by atoms with Crippen LogP contribution < -0.4 is 5.32 Å². The van der Waals surface area contributed by atoms with Crippen LogP contribution in [-0.4, -0.2) is 41.1 Å². The number of carbonyl (C=O) groups excluding carboxylic acids is 3. The summed E-state index contributed by atoms with van der Waals surface area (Å²) in [4.78, 5) is 39.6. The molecule has 0 bridgehead atoms. The topological polar surface area (TPSA) is 121 Å². The van der Waals surface area contributed by atoms with Crippen molar-refractivity contribution in [1.82, 2.24) is 10.3 Å². The Kier molecular flexibility index (Phi) is 7.17. The van der Waals surface area contributed by atoms with Gasteiger partial charge in [0.1, 0.15) is 11.2 Å². The summed E-state index contributed by atoms with van der Waals surface area (Å²) in [6.07, 6.45) is -1.11. The van der Waals surface area contributed by atoms with Crippen LogP contribution in [-0.2, 0) is 14.3 Å². The van der Waals surface area contributed by atoms with E-state index in [2.05, 4.69) is 16.4 Å². The molecule has 0 saturated heterocycles. The van der Waals surface area contributed by atoms with Crippen LogP contribution in [0.15, 0.2) is 0 Å². The number of nitriles is 1. The van der Waals surface area contributed by atoms with E-state index in [1.165, 1.54) is 6.92 Å². The molecule has 8 heteroatoms. The maximum atomic E-state index is 12.4. The maximum Gasteiger partial charge on any atom is 0.355 e. The third-order valence-corrected chi connectivity index (χ3v) is 4.54. The summed E-state index contributed by atoms with van der Waals surface area (Å²) in [5.41, 5.74) is 0.160. The van der Waals surface area contributed by atoms with Gasteiger partial charge in [0.2, 0.25) is 0 Å². The van der Waals surface area contributed by atoms with E-state index in [-0.39, 0.29) is 23.8 Å². The van der Waals surface area contributed by atoms with E-state index in [4.69, 9.17) is 9.47 Å². The van der Waals surface area contributed by atoms with E-state index < -0.39 is 29.5 Å². The number of amides is 1. The number of aromatic amines is 1. The lowest BCUT2D eigenvalue weighted by Gasteiger charge is -2.28. The van der Waals surface area contributed by atoms with Crippen LogP contribution in [0.2, 0.25) is 0 Å². The van der Waals surface area contributed by atoms with Crippen molar-refractivity contribution < 1.29 is 23.9 Å². The Hall–Kier alpha value is -2.82. The summed E-state index contributed by atoms with van der Waals surface area (Å²) in [6.45, 7) is 11.8. The lowest BCUT2D eigenvalue weighted by molar-refractivity contribution is -0.130. The molecule has 0 fully saturated rings. The monoisotopic (exact) mass is 377 g/mol. The van der Waals surface area contributed by atoms with Gasteiger partial charge in [-0.25, -0.2) is 9.59 Å². The van der Waals surface area contributed by atoms with Crippen molar-refractivity contribution in [3.8, 4) is 6.07 Å². The summed E-state index contributed by atoms with van der Waals surface area (Å²) in [6, 6.07) is 2.06. The van der Waals surface area contributed by atoms with Crippen molar-refractivity contribution >= 4 is 17.8 Å². The quantitative estimate of drug-likeness (QED) is 0.704. The van der Waals surface area contributed by atoms with Gasteiger partial charge < -0.3 is 19.8 Å². The number of nitrogens with one attached hydrogen (secondary N) is 2. The van der Waals surface area contributed by atoms with Crippen LogP contribution in [0, 0.1) is 31.1 Å². The fraction of sp³-hybridized carbons (Fsp3) is 0.579. The molecule has 27 heavy (non-hydrogen) atoms. The van der Waals surface area contributed by atoms with Gasteiger partial charge in [0.05, 0.1) is 18.2 Å². The Bertz CT molecular complexity index is 775. The van der Waals surface area contributed by atoms with Gasteiger partial charge in [-0.3, -0.25) is 4.79 Å². The summed E-state index contributed by atoms with van der Waals surface area (Å²) >= 11 is 0. The molecular weight excluding hydrogens is 350 g/mol. The van der Waals surface area contributed by atoms with E-state index >= 15 is 0 Å². The summed E-state index contributed by atoms with van der Waals surface area (Å²) < 4.78 is 10.2. The number of nitrogens with zero attached hydrogens (tertiary/aromatic N) is 1. The molecule has 0 aromatic carbocycles. The third-order valence-electron chi connectivity index (χ3n) is 4.54. The molecule has 148 valence electrons. The summed E-state index contributed by atoms with van der Waals surface area (Å²) in [5, 5.41) is 11.9. The number of ether oxygens (including phenoxy) is 2. The molecule has 2 N–H and O–H groups in total. The van der Waals surface area contributed by atoms with Crippen molar-refractivity contribution in [3.63, 3.8) is 0 Å². The first kappa shape index (κ1) is 22.2. The van der Waals surface area contributed by atoms with Crippen molar-refractivity contribution in [1.29, 1.82) is 5.26 Å². The molecule has 0 aliphatic carbocycles. The highest BCUT2D eigenvalue weighted by molar-refractivity contribution is 5.99. The van der Waals surface area contributed by atoms with Crippen LogP contribution in [0.4, 0.5) is 0 Å². The Morgan fingerprint density at radius 2 is 1.81 bits per heavy atom. The van der Waals surface area contributed by atoms with Gasteiger partial charge >= 0.3 is 11.9 Å². The second kappa shape index (κ2) is 8.71. The zero-order valence-electron chi connectivity index (χ0n) is 16.9. The molecule has 2 atom stereocenters. The largest absolute Gasteiger partial charge is 0.462 e.